The Morgan fingerprint density at radius 1 is 1.61 bits per heavy atom. The molecule has 0 aliphatic rings. The van der Waals surface area contributed by atoms with Gasteiger partial charge in [-0.3, -0.25) is 9.48 Å². The summed E-state index contributed by atoms with van der Waals surface area (Å²) in [5.41, 5.74) is 7.27. The Morgan fingerprint density at radius 3 is 2.94 bits per heavy atom. The lowest BCUT2D eigenvalue weighted by Crippen LogP contribution is -2.24. The Morgan fingerprint density at radius 2 is 2.33 bits per heavy atom. The Balaban J connectivity index is 2.29. The lowest BCUT2D eigenvalue weighted by atomic mass is 10.1. The third kappa shape index (κ3) is 4.85. The molecule has 0 atom stereocenters. The summed E-state index contributed by atoms with van der Waals surface area (Å²) in [5, 5.41) is 7.69. The molecule has 0 saturated carbocycles. The molecule has 0 aromatic carbocycles. The molecular weight excluding hydrogens is 232 g/mol. The lowest BCUT2D eigenvalue weighted by Gasteiger charge is -2.07. The first-order chi connectivity index (χ1) is 8.50. The molecule has 6 heteroatoms. The zero-order valence-corrected chi connectivity index (χ0v) is 11.3. The predicted molar refractivity (Wildman–Crippen MR) is 69.0 cm³/mol. The van der Waals surface area contributed by atoms with Crippen molar-refractivity contribution in [3.05, 3.63) is 17.5 Å². The molecular formula is C12H22N4O2. The molecule has 0 saturated heterocycles. The van der Waals surface area contributed by atoms with E-state index in [0.29, 0.717) is 19.1 Å². The van der Waals surface area contributed by atoms with Crippen molar-refractivity contribution in [3.8, 4) is 0 Å². The number of nitrogens with one attached hydrogen (secondary N) is 1. The summed E-state index contributed by atoms with van der Waals surface area (Å²) in [5.74, 6) is -0.0292. The molecule has 0 fully saturated rings. The molecule has 0 radical (unpaired) electrons. The van der Waals surface area contributed by atoms with Gasteiger partial charge in [-0.15, -0.1) is 0 Å². The van der Waals surface area contributed by atoms with Gasteiger partial charge in [-0.25, -0.2) is 0 Å². The van der Waals surface area contributed by atoms with E-state index in [9.17, 15) is 4.79 Å². The summed E-state index contributed by atoms with van der Waals surface area (Å²) in [4.78, 5) is 10.4. The number of nitrogens with two attached hydrogens (primary N) is 1. The maximum absolute atomic E-state index is 10.4. The van der Waals surface area contributed by atoms with Gasteiger partial charge in [0.15, 0.2) is 0 Å². The number of aromatic nitrogens is 2. The molecule has 3 N–H and O–H groups in total. The normalized spacial score (nSPS) is 11.1. The fourth-order valence-corrected chi connectivity index (χ4v) is 1.72. The molecule has 0 aliphatic heterocycles. The molecule has 1 rings (SSSR count). The highest BCUT2D eigenvalue weighted by Gasteiger charge is 2.10. The van der Waals surface area contributed by atoms with Crippen LogP contribution in [0.2, 0.25) is 0 Å². The van der Waals surface area contributed by atoms with Crippen molar-refractivity contribution >= 4 is 5.91 Å². The number of amides is 1. The van der Waals surface area contributed by atoms with Crippen LogP contribution >= 0.6 is 0 Å². The first-order valence-corrected chi connectivity index (χ1v) is 6.10. The second-order valence-electron chi connectivity index (χ2n) is 4.56. The summed E-state index contributed by atoms with van der Waals surface area (Å²) in [6.45, 7) is 6.14. The number of rotatable bonds is 8. The largest absolute Gasteiger partial charge is 0.370 e. The van der Waals surface area contributed by atoms with Gasteiger partial charge in [0.2, 0.25) is 5.91 Å². The number of carbonyl (C=O) groups excluding carboxylic acids is 1. The van der Waals surface area contributed by atoms with E-state index >= 15 is 0 Å². The van der Waals surface area contributed by atoms with E-state index in [1.165, 1.54) is 5.56 Å². The summed E-state index contributed by atoms with van der Waals surface area (Å²) in [6.07, 6.45) is 2.02. The van der Waals surface area contributed by atoms with Crippen molar-refractivity contribution < 1.29 is 9.53 Å². The molecule has 1 aromatic heterocycles. The zero-order valence-electron chi connectivity index (χ0n) is 11.3. The molecule has 0 spiro atoms. The van der Waals surface area contributed by atoms with E-state index < -0.39 is 5.91 Å². The van der Waals surface area contributed by atoms with Gasteiger partial charge in [0, 0.05) is 31.9 Å². The number of hydrogen-bond donors (Lipinski definition) is 2. The second-order valence-corrected chi connectivity index (χ2v) is 4.56. The first-order valence-electron chi connectivity index (χ1n) is 6.10. The highest BCUT2D eigenvalue weighted by molar-refractivity contribution is 5.74. The van der Waals surface area contributed by atoms with Gasteiger partial charge in [0.05, 0.1) is 12.3 Å². The van der Waals surface area contributed by atoms with E-state index in [-0.39, 0.29) is 6.61 Å². The SMILES string of the molecule is CC(C)c1nn(C)cc1CNCCOCC(N)=O. The average Bonchev–Trinajstić information content (AvgIpc) is 2.64. The first kappa shape index (κ1) is 14.7. The molecule has 6 nitrogen and oxygen atoms in total. The molecule has 102 valence electrons. The average molecular weight is 254 g/mol. The highest BCUT2D eigenvalue weighted by atomic mass is 16.5. The van der Waals surface area contributed by atoms with Gasteiger partial charge in [-0.05, 0) is 5.92 Å². The topological polar surface area (TPSA) is 82.2 Å². The standard InChI is InChI=1S/C12H22N4O2/c1-9(2)12-10(7-16(3)15-12)6-14-4-5-18-8-11(13)17/h7,9,14H,4-6,8H2,1-3H3,(H2,13,17). The maximum Gasteiger partial charge on any atom is 0.243 e. The van der Waals surface area contributed by atoms with Gasteiger partial charge >= 0.3 is 0 Å². The number of ether oxygens (including phenoxy) is 1. The Kier molecular flexibility index (Phi) is 5.80. The fourth-order valence-electron chi connectivity index (χ4n) is 1.72. The van der Waals surface area contributed by atoms with Crippen LogP contribution in [-0.4, -0.2) is 35.4 Å². The van der Waals surface area contributed by atoms with Gasteiger partial charge in [0.1, 0.15) is 6.61 Å². The number of primary amides is 1. The van der Waals surface area contributed by atoms with Crippen LogP contribution in [0.3, 0.4) is 0 Å². The third-order valence-electron chi connectivity index (χ3n) is 2.47. The molecule has 0 bridgehead atoms. The highest BCUT2D eigenvalue weighted by Crippen LogP contribution is 2.16. The molecule has 1 aromatic rings. The number of hydrogen-bond acceptors (Lipinski definition) is 4. The maximum atomic E-state index is 10.4. The van der Waals surface area contributed by atoms with Gasteiger partial charge in [-0.1, -0.05) is 13.8 Å². The minimum absolute atomic E-state index is 0.0220. The van der Waals surface area contributed by atoms with Crippen LogP contribution in [0.4, 0.5) is 0 Å². The van der Waals surface area contributed by atoms with Crippen molar-refractivity contribution in [1.29, 1.82) is 0 Å². The van der Waals surface area contributed by atoms with E-state index in [1.54, 1.807) is 0 Å². The quantitative estimate of drug-likeness (QED) is 0.646. The smallest absolute Gasteiger partial charge is 0.243 e. The molecule has 18 heavy (non-hydrogen) atoms. The van der Waals surface area contributed by atoms with Crippen LogP contribution < -0.4 is 11.1 Å². The Labute approximate surface area is 107 Å². The fraction of sp³-hybridized carbons (Fsp3) is 0.667. The van der Waals surface area contributed by atoms with Gasteiger partial charge < -0.3 is 15.8 Å². The summed E-state index contributed by atoms with van der Waals surface area (Å²) < 4.78 is 6.89. The monoisotopic (exact) mass is 254 g/mol. The van der Waals surface area contributed by atoms with Crippen molar-refractivity contribution in [3.63, 3.8) is 0 Å². The van der Waals surface area contributed by atoms with Crippen LogP contribution in [-0.2, 0) is 23.1 Å². The Hall–Kier alpha value is -1.40. The second kappa shape index (κ2) is 7.13. The van der Waals surface area contributed by atoms with Gasteiger partial charge in [0.25, 0.3) is 0 Å². The molecule has 1 amide bonds. The van der Waals surface area contributed by atoms with Crippen molar-refractivity contribution in [2.45, 2.75) is 26.3 Å². The summed E-state index contributed by atoms with van der Waals surface area (Å²) >= 11 is 0. The van der Waals surface area contributed by atoms with E-state index in [1.807, 2.05) is 17.9 Å². The molecule has 0 unspecified atom stereocenters. The minimum atomic E-state index is -0.440. The van der Waals surface area contributed by atoms with Crippen LogP contribution in [0.25, 0.3) is 0 Å². The molecule has 0 aliphatic carbocycles. The minimum Gasteiger partial charge on any atom is -0.370 e. The van der Waals surface area contributed by atoms with Crippen LogP contribution in [0.15, 0.2) is 6.20 Å². The Bertz CT molecular complexity index is 387. The van der Waals surface area contributed by atoms with Crippen molar-refractivity contribution in [2.24, 2.45) is 12.8 Å². The van der Waals surface area contributed by atoms with Gasteiger partial charge in [-0.2, -0.15) is 5.10 Å². The third-order valence-corrected chi connectivity index (χ3v) is 2.47. The number of carbonyl (C=O) groups is 1. The molecule has 1 heterocycles. The van der Waals surface area contributed by atoms with E-state index in [4.69, 9.17) is 10.5 Å². The lowest BCUT2D eigenvalue weighted by molar-refractivity contribution is -0.122. The van der Waals surface area contributed by atoms with Crippen LogP contribution in [0.5, 0.6) is 0 Å². The predicted octanol–water partition coefficient (Wildman–Crippen LogP) is 0.135. The summed E-state index contributed by atoms with van der Waals surface area (Å²) in [7, 11) is 1.92. The summed E-state index contributed by atoms with van der Waals surface area (Å²) in [6, 6.07) is 0. The number of nitrogens with zero attached hydrogens (tertiary/aromatic N) is 2. The van der Waals surface area contributed by atoms with Crippen molar-refractivity contribution in [2.75, 3.05) is 19.8 Å². The van der Waals surface area contributed by atoms with E-state index in [0.717, 1.165) is 12.2 Å². The van der Waals surface area contributed by atoms with Crippen molar-refractivity contribution in [1.82, 2.24) is 15.1 Å². The van der Waals surface area contributed by atoms with Crippen LogP contribution in [0.1, 0.15) is 31.0 Å². The van der Waals surface area contributed by atoms with E-state index in [2.05, 4.69) is 24.3 Å². The number of aryl methyl sites for hydroxylation is 1. The van der Waals surface area contributed by atoms with Crippen LogP contribution in [0, 0.1) is 0 Å². The zero-order chi connectivity index (χ0) is 13.5.